The molecule has 1 saturated heterocycles. The molecule has 0 bridgehead atoms. The summed E-state index contributed by atoms with van der Waals surface area (Å²) in [6.45, 7) is -0.0290. The average Bonchev–Trinajstić information content (AvgIpc) is 2.96. The first kappa shape index (κ1) is 19.5. The molecule has 1 aliphatic rings. The molecule has 28 heavy (non-hydrogen) atoms. The maximum atomic E-state index is 13.3. The van der Waals surface area contributed by atoms with Gasteiger partial charge in [0.15, 0.2) is 0 Å². The van der Waals surface area contributed by atoms with Crippen molar-refractivity contribution < 1.29 is 31.5 Å². The molecule has 2 amide bonds. The minimum absolute atomic E-state index is 0.0290. The molecular formula is C17H12F5N3O3. The Kier molecular flexibility index (Phi) is 4.92. The van der Waals surface area contributed by atoms with E-state index in [1.54, 1.807) is 0 Å². The third-order valence-corrected chi connectivity index (χ3v) is 4.17. The van der Waals surface area contributed by atoms with Gasteiger partial charge in [0, 0.05) is 24.5 Å². The van der Waals surface area contributed by atoms with E-state index < -0.39 is 52.4 Å². The maximum Gasteiger partial charge on any atom is 0.417 e. The van der Waals surface area contributed by atoms with Crippen molar-refractivity contribution in [1.82, 2.24) is 4.98 Å². The molecule has 1 aromatic heterocycles. The highest BCUT2D eigenvalue weighted by molar-refractivity contribution is 6.13. The van der Waals surface area contributed by atoms with Crippen LogP contribution in [0, 0.1) is 17.6 Å². The molecule has 2 heterocycles. The van der Waals surface area contributed by atoms with Crippen LogP contribution in [0.4, 0.5) is 33.3 Å². The minimum Gasteiger partial charge on any atom is -0.327 e. The maximum absolute atomic E-state index is 13.3. The van der Waals surface area contributed by atoms with E-state index >= 15 is 0 Å². The lowest BCUT2D eigenvalue weighted by Crippen LogP contribution is -2.34. The number of halogens is 5. The van der Waals surface area contributed by atoms with Crippen LogP contribution in [0.2, 0.25) is 0 Å². The van der Waals surface area contributed by atoms with Crippen molar-refractivity contribution in [2.24, 2.45) is 5.92 Å². The van der Waals surface area contributed by atoms with Crippen molar-refractivity contribution in [3.63, 3.8) is 0 Å². The number of anilines is 2. The number of benzene rings is 1. The molecule has 1 atom stereocenters. The van der Waals surface area contributed by atoms with Crippen LogP contribution in [-0.2, 0) is 15.8 Å². The Morgan fingerprint density at radius 1 is 1.11 bits per heavy atom. The molecule has 1 aromatic carbocycles. The monoisotopic (exact) mass is 401 g/mol. The number of hydrogen-bond acceptors (Lipinski definition) is 3. The van der Waals surface area contributed by atoms with Gasteiger partial charge in [0.25, 0.3) is 5.56 Å². The number of rotatable bonds is 3. The summed E-state index contributed by atoms with van der Waals surface area (Å²) in [5.41, 5.74) is -2.91. The number of aromatic nitrogens is 1. The van der Waals surface area contributed by atoms with Gasteiger partial charge in [0.1, 0.15) is 23.2 Å². The molecule has 1 aliphatic heterocycles. The van der Waals surface area contributed by atoms with Gasteiger partial charge in [-0.15, -0.1) is 0 Å². The molecule has 3 rings (SSSR count). The van der Waals surface area contributed by atoms with E-state index in [1.165, 1.54) is 0 Å². The molecule has 0 spiro atoms. The standard InChI is InChI=1S/C17H12F5N3O3/c18-9-4-10(19)6-11(5-9)25-2-1-12(16(25)28)14(26)24-13-3-8(17(20,21)22)7-23-15(13)27/h3-7,12H,1-2H2,(H,23,27)(H,24,26). The Hall–Kier alpha value is -3.24. The summed E-state index contributed by atoms with van der Waals surface area (Å²) in [6.07, 6.45) is -4.33. The molecule has 6 nitrogen and oxygen atoms in total. The van der Waals surface area contributed by atoms with Crippen molar-refractivity contribution in [3.05, 3.63) is 58.0 Å². The number of carbonyl (C=O) groups excluding carboxylic acids is 2. The molecule has 0 radical (unpaired) electrons. The van der Waals surface area contributed by atoms with Crippen LogP contribution in [0.1, 0.15) is 12.0 Å². The van der Waals surface area contributed by atoms with Crippen LogP contribution >= 0.6 is 0 Å². The van der Waals surface area contributed by atoms with Gasteiger partial charge in [-0.05, 0) is 24.6 Å². The van der Waals surface area contributed by atoms with Gasteiger partial charge in [-0.3, -0.25) is 14.4 Å². The number of nitrogens with one attached hydrogen (secondary N) is 2. The Balaban J connectivity index is 1.79. The van der Waals surface area contributed by atoms with E-state index in [9.17, 15) is 36.3 Å². The van der Waals surface area contributed by atoms with Crippen molar-refractivity contribution in [3.8, 4) is 0 Å². The van der Waals surface area contributed by atoms with Gasteiger partial charge in [-0.2, -0.15) is 13.2 Å². The van der Waals surface area contributed by atoms with Gasteiger partial charge in [-0.1, -0.05) is 0 Å². The molecule has 148 valence electrons. The summed E-state index contributed by atoms with van der Waals surface area (Å²) < 4.78 is 64.9. The number of amides is 2. The molecule has 11 heteroatoms. The molecule has 2 N–H and O–H groups in total. The van der Waals surface area contributed by atoms with Crippen LogP contribution in [0.3, 0.4) is 0 Å². The fourth-order valence-corrected chi connectivity index (χ4v) is 2.83. The summed E-state index contributed by atoms with van der Waals surface area (Å²) in [5, 5.41) is 2.01. The summed E-state index contributed by atoms with van der Waals surface area (Å²) >= 11 is 0. The van der Waals surface area contributed by atoms with Crippen molar-refractivity contribution in [2.45, 2.75) is 12.6 Å². The molecule has 1 fully saturated rings. The number of aromatic amines is 1. The predicted octanol–water partition coefficient (Wildman–Crippen LogP) is 2.66. The Morgan fingerprint density at radius 3 is 2.36 bits per heavy atom. The smallest absolute Gasteiger partial charge is 0.327 e. The van der Waals surface area contributed by atoms with E-state index in [0.29, 0.717) is 18.3 Å². The van der Waals surface area contributed by atoms with Gasteiger partial charge >= 0.3 is 6.18 Å². The molecule has 0 aliphatic carbocycles. The van der Waals surface area contributed by atoms with Crippen LogP contribution in [0.5, 0.6) is 0 Å². The van der Waals surface area contributed by atoms with Crippen molar-refractivity contribution >= 4 is 23.2 Å². The lowest BCUT2D eigenvalue weighted by molar-refractivity contribution is -0.138. The Labute approximate surface area is 154 Å². The van der Waals surface area contributed by atoms with Crippen LogP contribution in [-0.4, -0.2) is 23.3 Å². The van der Waals surface area contributed by atoms with Gasteiger partial charge < -0.3 is 15.2 Å². The summed E-state index contributed by atoms with van der Waals surface area (Å²) in [7, 11) is 0. The van der Waals surface area contributed by atoms with Crippen LogP contribution < -0.4 is 15.8 Å². The first-order valence-electron chi connectivity index (χ1n) is 7.94. The second-order valence-electron chi connectivity index (χ2n) is 6.08. The molecule has 1 unspecified atom stereocenters. The van der Waals surface area contributed by atoms with Crippen molar-refractivity contribution in [2.75, 3.05) is 16.8 Å². The first-order valence-corrected chi connectivity index (χ1v) is 7.94. The zero-order valence-electron chi connectivity index (χ0n) is 13.9. The Morgan fingerprint density at radius 2 is 1.75 bits per heavy atom. The van der Waals surface area contributed by atoms with Gasteiger partial charge in [0.2, 0.25) is 11.8 Å². The quantitative estimate of drug-likeness (QED) is 0.613. The van der Waals surface area contributed by atoms with E-state index in [1.807, 2.05) is 10.3 Å². The SMILES string of the molecule is O=C(Nc1cc(C(F)(F)F)c[nH]c1=O)C1CCN(c2cc(F)cc(F)c2)C1=O. The lowest BCUT2D eigenvalue weighted by Gasteiger charge is -2.17. The third-order valence-electron chi connectivity index (χ3n) is 4.17. The first-order chi connectivity index (χ1) is 13.1. The number of nitrogens with zero attached hydrogens (tertiary/aromatic N) is 1. The predicted molar refractivity (Wildman–Crippen MR) is 87.5 cm³/mol. The van der Waals surface area contributed by atoms with Gasteiger partial charge in [-0.25, -0.2) is 8.78 Å². The van der Waals surface area contributed by atoms with E-state index in [0.717, 1.165) is 17.0 Å². The highest BCUT2D eigenvalue weighted by atomic mass is 19.4. The van der Waals surface area contributed by atoms with E-state index in [2.05, 4.69) is 0 Å². The topological polar surface area (TPSA) is 82.3 Å². The number of alkyl halides is 3. The molecule has 0 saturated carbocycles. The van der Waals surface area contributed by atoms with Crippen molar-refractivity contribution in [1.29, 1.82) is 0 Å². The van der Waals surface area contributed by atoms with Crippen LogP contribution in [0.15, 0.2) is 35.3 Å². The minimum atomic E-state index is -4.74. The highest BCUT2D eigenvalue weighted by Crippen LogP contribution is 2.30. The second kappa shape index (κ2) is 7.06. The number of hydrogen-bond donors (Lipinski definition) is 2. The fourth-order valence-electron chi connectivity index (χ4n) is 2.83. The average molecular weight is 401 g/mol. The highest BCUT2D eigenvalue weighted by Gasteiger charge is 2.38. The third kappa shape index (κ3) is 3.87. The summed E-state index contributed by atoms with van der Waals surface area (Å²) in [4.78, 5) is 39.3. The normalized spacial score (nSPS) is 17.1. The number of H-pyrrole nitrogens is 1. The van der Waals surface area contributed by atoms with Gasteiger partial charge in [0.05, 0.1) is 5.56 Å². The summed E-state index contributed by atoms with van der Waals surface area (Å²) in [5.74, 6) is -4.92. The molecule has 2 aromatic rings. The van der Waals surface area contributed by atoms with Crippen LogP contribution in [0.25, 0.3) is 0 Å². The molecular weight excluding hydrogens is 389 g/mol. The summed E-state index contributed by atoms with van der Waals surface area (Å²) in [6, 6.07) is 2.90. The zero-order chi connectivity index (χ0) is 20.6. The Bertz CT molecular complexity index is 982. The largest absolute Gasteiger partial charge is 0.417 e. The van der Waals surface area contributed by atoms with E-state index in [-0.39, 0.29) is 18.7 Å². The zero-order valence-corrected chi connectivity index (χ0v) is 13.9. The van der Waals surface area contributed by atoms with E-state index in [4.69, 9.17) is 0 Å². The number of carbonyl (C=O) groups is 2. The lowest BCUT2D eigenvalue weighted by atomic mass is 10.1. The fraction of sp³-hybridized carbons (Fsp3) is 0.235. The number of pyridine rings is 1. The second-order valence-corrected chi connectivity index (χ2v) is 6.08.